The number of nitrogens with one attached hydrogen (secondary N) is 1. The molecule has 2 aliphatic rings. The molecule has 1 saturated carbocycles. The molecule has 2 fully saturated rings. The summed E-state index contributed by atoms with van der Waals surface area (Å²) >= 11 is 1.14. The highest BCUT2D eigenvalue weighted by atomic mass is 32.1. The van der Waals surface area contributed by atoms with Crippen LogP contribution in [0.2, 0.25) is 0 Å². The molecule has 1 atom stereocenters. The average molecular weight is 295 g/mol. The van der Waals surface area contributed by atoms with E-state index in [2.05, 4.69) is 10.2 Å². The van der Waals surface area contributed by atoms with Gasteiger partial charge in [0.05, 0.1) is 11.0 Å². The second kappa shape index (κ2) is 5.49. The normalized spacial score (nSPS) is 22.9. The summed E-state index contributed by atoms with van der Waals surface area (Å²) in [5, 5.41) is 15.7. The first kappa shape index (κ1) is 13.5. The third-order valence-corrected chi connectivity index (χ3v) is 4.72. The second-order valence-electron chi connectivity index (χ2n) is 5.46. The van der Waals surface area contributed by atoms with Gasteiger partial charge in [0, 0.05) is 24.0 Å². The first-order valence-electron chi connectivity index (χ1n) is 6.90. The lowest BCUT2D eigenvalue weighted by Gasteiger charge is -2.23. The quantitative estimate of drug-likeness (QED) is 0.665. The number of amides is 1. The van der Waals surface area contributed by atoms with Gasteiger partial charge in [0.1, 0.15) is 0 Å². The summed E-state index contributed by atoms with van der Waals surface area (Å²) < 4.78 is 0. The van der Waals surface area contributed by atoms with E-state index < -0.39 is 0 Å². The molecule has 0 radical (unpaired) electrons. The van der Waals surface area contributed by atoms with E-state index in [1.54, 1.807) is 6.07 Å². The van der Waals surface area contributed by atoms with Crippen LogP contribution in [0.5, 0.6) is 0 Å². The van der Waals surface area contributed by atoms with E-state index in [0.29, 0.717) is 12.6 Å². The van der Waals surface area contributed by atoms with Crippen molar-refractivity contribution in [2.75, 3.05) is 6.54 Å². The Bertz CT molecular complexity index is 527. The SMILES string of the molecule is O=C(NC1CC1)C1CCCN1Cc1csc([N+](=O)[O-])c1. The molecule has 7 heteroatoms. The largest absolute Gasteiger partial charge is 0.352 e. The molecule has 6 nitrogen and oxygen atoms in total. The van der Waals surface area contributed by atoms with Crippen LogP contribution in [0.25, 0.3) is 0 Å². The second-order valence-corrected chi connectivity index (χ2v) is 6.35. The predicted molar refractivity (Wildman–Crippen MR) is 75.6 cm³/mol. The summed E-state index contributed by atoms with van der Waals surface area (Å²) in [6, 6.07) is 1.92. The zero-order valence-electron chi connectivity index (χ0n) is 11.1. The lowest BCUT2D eigenvalue weighted by Crippen LogP contribution is -2.43. The molecule has 0 aromatic carbocycles. The van der Waals surface area contributed by atoms with Crippen molar-refractivity contribution in [3.8, 4) is 0 Å². The van der Waals surface area contributed by atoms with E-state index in [1.807, 2.05) is 5.38 Å². The van der Waals surface area contributed by atoms with E-state index in [4.69, 9.17) is 0 Å². The maximum absolute atomic E-state index is 12.2. The van der Waals surface area contributed by atoms with E-state index in [9.17, 15) is 14.9 Å². The topological polar surface area (TPSA) is 75.5 Å². The number of likely N-dealkylation sites (tertiary alicyclic amines) is 1. The van der Waals surface area contributed by atoms with Crippen molar-refractivity contribution >= 4 is 22.2 Å². The van der Waals surface area contributed by atoms with E-state index >= 15 is 0 Å². The maximum Gasteiger partial charge on any atom is 0.324 e. The molecule has 0 spiro atoms. The van der Waals surface area contributed by atoms with Gasteiger partial charge in [-0.05, 0) is 37.8 Å². The fourth-order valence-corrected chi connectivity index (χ4v) is 3.33. The minimum absolute atomic E-state index is 0.0745. The average Bonchev–Trinajstić information content (AvgIpc) is 2.93. The lowest BCUT2D eigenvalue weighted by atomic mass is 10.2. The van der Waals surface area contributed by atoms with Crippen molar-refractivity contribution < 1.29 is 9.72 Å². The van der Waals surface area contributed by atoms with Crippen LogP contribution in [0.15, 0.2) is 11.4 Å². The Morgan fingerprint density at radius 1 is 1.50 bits per heavy atom. The molecule has 1 N–H and O–H groups in total. The number of thiophene rings is 1. The summed E-state index contributed by atoms with van der Waals surface area (Å²) in [6.45, 7) is 1.50. The van der Waals surface area contributed by atoms with Crippen LogP contribution in [0.1, 0.15) is 31.2 Å². The van der Waals surface area contributed by atoms with Gasteiger partial charge in [0.25, 0.3) is 0 Å². The summed E-state index contributed by atoms with van der Waals surface area (Å²) in [5.41, 5.74) is 0.924. The number of carbonyl (C=O) groups excluding carboxylic acids is 1. The number of nitrogens with zero attached hydrogens (tertiary/aromatic N) is 2. The minimum Gasteiger partial charge on any atom is -0.352 e. The van der Waals surface area contributed by atoms with Gasteiger partial charge >= 0.3 is 5.00 Å². The molecule has 1 saturated heterocycles. The highest BCUT2D eigenvalue weighted by molar-refractivity contribution is 7.13. The zero-order chi connectivity index (χ0) is 14.1. The third-order valence-electron chi connectivity index (χ3n) is 3.80. The highest BCUT2D eigenvalue weighted by Crippen LogP contribution is 2.27. The number of rotatable bonds is 5. The summed E-state index contributed by atoms with van der Waals surface area (Å²) in [6.07, 6.45) is 4.07. The Balaban J connectivity index is 1.62. The Labute approximate surface area is 120 Å². The van der Waals surface area contributed by atoms with Crippen molar-refractivity contribution in [1.29, 1.82) is 0 Å². The van der Waals surface area contributed by atoms with Crippen LogP contribution in [0, 0.1) is 10.1 Å². The van der Waals surface area contributed by atoms with Gasteiger partial charge in [-0.2, -0.15) is 0 Å². The molecule has 1 aliphatic carbocycles. The van der Waals surface area contributed by atoms with Crippen molar-refractivity contribution in [2.24, 2.45) is 0 Å². The Morgan fingerprint density at radius 2 is 2.30 bits per heavy atom. The van der Waals surface area contributed by atoms with E-state index in [-0.39, 0.29) is 21.9 Å². The predicted octanol–water partition coefficient (Wildman–Crippen LogP) is 1.90. The minimum atomic E-state index is -0.366. The molecular formula is C13H17N3O3S. The molecule has 1 aromatic rings. The van der Waals surface area contributed by atoms with Crippen molar-refractivity contribution in [2.45, 2.75) is 44.3 Å². The van der Waals surface area contributed by atoms with Gasteiger partial charge in [-0.3, -0.25) is 19.8 Å². The van der Waals surface area contributed by atoms with Gasteiger partial charge in [-0.1, -0.05) is 11.3 Å². The maximum atomic E-state index is 12.2. The fourth-order valence-electron chi connectivity index (χ4n) is 2.61. The van der Waals surface area contributed by atoms with Crippen molar-refractivity contribution in [3.63, 3.8) is 0 Å². The van der Waals surface area contributed by atoms with Crippen LogP contribution in [-0.4, -0.2) is 34.4 Å². The van der Waals surface area contributed by atoms with Crippen LogP contribution >= 0.6 is 11.3 Å². The van der Waals surface area contributed by atoms with Gasteiger partial charge < -0.3 is 5.32 Å². The first-order valence-corrected chi connectivity index (χ1v) is 7.77. The van der Waals surface area contributed by atoms with Gasteiger partial charge in [-0.25, -0.2) is 0 Å². The number of hydrogen-bond donors (Lipinski definition) is 1. The molecule has 3 rings (SSSR count). The summed E-state index contributed by atoms with van der Waals surface area (Å²) in [7, 11) is 0. The Morgan fingerprint density at radius 3 is 2.95 bits per heavy atom. The Kier molecular flexibility index (Phi) is 3.71. The molecule has 2 heterocycles. The Hall–Kier alpha value is -1.47. The van der Waals surface area contributed by atoms with E-state index in [1.165, 1.54) is 0 Å². The summed E-state index contributed by atoms with van der Waals surface area (Å²) in [5.74, 6) is 0.120. The monoisotopic (exact) mass is 295 g/mol. The number of hydrogen-bond acceptors (Lipinski definition) is 5. The lowest BCUT2D eigenvalue weighted by molar-refractivity contribution is -0.380. The van der Waals surface area contributed by atoms with Crippen LogP contribution in [0.3, 0.4) is 0 Å². The molecule has 0 bridgehead atoms. The smallest absolute Gasteiger partial charge is 0.324 e. The van der Waals surface area contributed by atoms with Gasteiger partial charge in [0.15, 0.2) is 0 Å². The number of carbonyl (C=O) groups is 1. The molecule has 1 unspecified atom stereocenters. The molecular weight excluding hydrogens is 278 g/mol. The van der Waals surface area contributed by atoms with Crippen molar-refractivity contribution in [3.05, 3.63) is 27.1 Å². The highest BCUT2D eigenvalue weighted by Gasteiger charge is 2.34. The summed E-state index contributed by atoms with van der Waals surface area (Å²) in [4.78, 5) is 24.6. The third kappa shape index (κ3) is 2.99. The molecule has 108 valence electrons. The van der Waals surface area contributed by atoms with Gasteiger partial charge in [-0.15, -0.1) is 0 Å². The van der Waals surface area contributed by atoms with E-state index in [0.717, 1.165) is 49.1 Å². The van der Waals surface area contributed by atoms with Crippen LogP contribution in [0.4, 0.5) is 5.00 Å². The van der Waals surface area contributed by atoms with Crippen molar-refractivity contribution in [1.82, 2.24) is 10.2 Å². The van der Waals surface area contributed by atoms with Gasteiger partial charge in [0.2, 0.25) is 5.91 Å². The molecule has 1 aliphatic heterocycles. The number of nitro groups is 1. The molecule has 1 amide bonds. The first-order chi connectivity index (χ1) is 9.63. The molecule has 1 aromatic heterocycles. The molecule has 20 heavy (non-hydrogen) atoms. The standard InChI is InChI=1S/C13H17N3O3S/c17-13(14-10-3-4-10)11-2-1-5-15(11)7-9-6-12(16(18)19)20-8-9/h6,8,10-11H,1-5,7H2,(H,14,17). The fraction of sp³-hybridized carbons (Fsp3) is 0.615. The van der Waals surface area contributed by atoms with Crippen LogP contribution in [-0.2, 0) is 11.3 Å². The van der Waals surface area contributed by atoms with Crippen LogP contribution < -0.4 is 5.32 Å². The zero-order valence-corrected chi connectivity index (χ0v) is 11.9.